The number of primary amides is 1. The number of anilines is 1. The summed E-state index contributed by atoms with van der Waals surface area (Å²) in [7, 11) is 1.30. The van der Waals surface area contributed by atoms with Gasteiger partial charge in [0.1, 0.15) is 16.9 Å². The number of nitrogens with one attached hydrogen (secondary N) is 2. The molecule has 3 amide bonds. The number of carbonyl (C=O) groups excluding carboxylic acids is 3. The van der Waals surface area contributed by atoms with Crippen molar-refractivity contribution in [1.29, 1.82) is 0 Å². The van der Waals surface area contributed by atoms with Gasteiger partial charge in [-0.2, -0.15) is 0 Å². The zero-order valence-corrected chi connectivity index (χ0v) is 18.1. The van der Waals surface area contributed by atoms with Gasteiger partial charge in [0.15, 0.2) is 5.75 Å². The minimum Gasteiger partial charge on any atom is -0.505 e. The summed E-state index contributed by atoms with van der Waals surface area (Å²) in [6, 6.07) is 2.71. The van der Waals surface area contributed by atoms with Gasteiger partial charge in [-0.25, -0.2) is 4.79 Å². The average molecular weight is 441 g/mol. The van der Waals surface area contributed by atoms with E-state index in [1.165, 1.54) is 19.2 Å². The van der Waals surface area contributed by atoms with Crippen molar-refractivity contribution >= 4 is 23.6 Å². The van der Waals surface area contributed by atoms with E-state index in [2.05, 4.69) is 10.6 Å². The lowest BCUT2D eigenvalue weighted by Gasteiger charge is -2.21. The third-order valence-electron chi connectivity index (χ3n) is 4.10. The van der Waals surface area contributed by atoms with Crippen LogP contribution >= 0.6 is 0 Å². The molecule has 1 aromatic rings. The number of hydrogen-bond donors (Lipinski definition) is 6. The molecule has 0 fully saturated rings. The minimum absolute atomic E-state index is 0.0452. The molecule has 31 heavy (non-hydrogen) atoms. The molecule has 1 aromatic carbocycles. The standard InChI is InChI=1S/C20H31N3O8/c1-20(2,3)31-19(29)22-10-9-13(25)12(24)6-8-15(26)23-11-5-7-14(30-4)16(17(11)27)18(21)28/h5,7,12-13,24-25,27H,6,8-10H2,1-4H3,(H2,21,28)(H,22,29)(H,23,26). The number of nitrogens with two attached hydrogens (primary N) is 1. The first-order valence-electron chi connectivity index (χ1n) is 9.68. The van der Waals surface area contributed by atoms with Crippen LogP contribution in [0.2, 0.25) is 0 Å². The number of phenols is 1. The van der Waals surface area contributed by atoms with Gasteiger partial charge in [-0.3, -0.25) is 9.59 Å². The van der Waals surface area contributed by atoms with E-state index < -0.39 is 41.5 Å². The maximum Gasteiger partial charge on any atom is 0.407 e. The minimum atomic E-state index is -1.21. The molecule has 0 heterocycles. The molecule has 2 atom stereocenters. The fraction of sp³-hybridized carbons (Fsp3) is 0.550. The maximum absolute atomic E-state index is 12.1. The van der Waals surface area contributed by atoms with Crippen molar-refractivity contribution in [2.24, 2.45) is 5.73 Å². The first kappa shape index (κ1) is 26.0. The van der Waals surface area contributed by atoms with Gasteiger partial charge in [0, 0.05) is 13.0 Å². The number of ether oxygens (including phenoxy) is 2. The van der Waals surface area contributed by atoms with Gasteiger partial charge in [0.2, 0.25) is 5.91 Å². The van der Waals surface area contributed by atoms with Crippen LogP contribution in [-0.4, -0.2) is 64.7 Å². The lowest BCUT2D eigenvalue weighted by Crippen LogP contribution is -2.36. The van der Waals surface area contributed by atoms with Crippen LogP contribution < -0.4 is 21.1 Å². The van der Waals surface area contributed by atoms with E-state index in [9.17, 15) is 29.7 Å². The van der Waals surface area contributed by atoms with Crippen LogP contribution in [0, 0.1) is 0 Å². The number of aliphatic hydroxyl groups is 2. The molecule has 0 aliphatic heterocycles. The molecule has 0 aliphatic rings. The normalized spacial score (nSPS) is 13.1. The molecule has 2 unspecified atom stereocenters. The van der Waals surface area contributed by atoms with Crippen LogP contribution in [0.5, 0.6) is 11.5 Å². The number of methoxy groups -OCH3 is 1. The van der Waals surface area contributed by atoms with Gasteiger partial charge < -0.3 is 41.2 Å². The first-order chi connectivity index (χ1) is 14.4. The van der Waals surface area contributed by atoms with Crippen LogP contribution in [0.25, 0.3) is 0 Å². The van der Waals surface area contributed by atoms with Gasteiger partial charge in [0.25, 0.3) is 5.91 Å². The first-order valence-corrected chi connectivity index (χ1v) is 9.68. The summed E-state index contributed by atoms with van der Waals surface area (Å²) < 4.78 is 10.0. The highest BCUT2D eigenvalue weighted by atomic mass is 16.6. The lowest BCUT2D eigenvalue weighted by atomic mass is 10.1. The van der Waals surface area contributed by atoms with E-state index in [4.69, 9.17) is 15.2 Å². The summed E-state index contributed by atoms with van der Waals surface area (Å²) in [5.41, 5.74) is 4.26. The summed E-state index contributed by atoms with van der Waals surface area (Å²) in [6.07, 6.45) is -3.20. The highest BCUT2D eigenvalue weighted by molar-refractivity contribution is 6.02. The predicted molar refractivity (Wildman–Crippen MR) is 112 cm³/mol. The summed E-state index contributed by atoms with van der Waals surface area (Å²) in [4.78, 5) is 35.2. The third-order valence-corrected chi connectivity index (χ3v) is 4.10. The van der Waals surface area contributed by atoms with Gasteiger partial charge >= 0.3 is 6.09 Å². The Balaban J connectivity index is 2.51. The molecule has 0 bridgehead atoms. The molecule has 7 N–H and O–H groups in total. The summed E-state index contributed by atoms with van der Waals surface area (Å²) in [5.74, 6) is -1.96. The number of amides is 3. The van der Waals surface area contributed by atoms with Crippen molar-refractivity contribution in [3.8, 4) is 11.5 Å². The molecule has 0 saturated heterocycles. The van der Waals surface area contributed by atoms with Crippen molar-refractivity contribution in [2.75, 3.05) is 19.0 Å². The molecule has 11 heteroatoms. The Labute approximate surface area is 180 Å². The average Bonchev–Trinajstić information content (AvgIpc) is 2.65. The van der Waals surface area contributed by atoms with Gasteiger partial charge in [-0.1, -0.05) is 0 Å². The summed E-state index contributed by atoms with van der Waals surface area (Å²) >= 11 is 0. The summed E-state index contributed by atoms with van der Waals surface area (Å²) in [5, 5.41) is 35.1. The molecule has 0 radical (unpaired) electrons. The second-order valence-electron chi connectivity index (χ2n) is 7.84. The van der Waals surface area contributed by atoms with Crippen LogP contribution in [0.1, 0.15) is 50.4 Å². The van der Waals surface area contributed by atoms with E-state index in [0.29, 0.717) is 0 Å². The Hall–Kier alpha value is -3.05. The van der Waals surface area contributed by atoms with Crippen molar-refractivity contribution in [3.05, 3.63) is 17.7 Å². The van der Waals surface area contributed by atoms with Crippen LogP contribution in [0.15, 0.2) is 12.1 Å². The maximum atomic E-state index is 12.1. The SMILES string of the molecule is COc1ccc(NC(=O)CCC(O)C(O)CCNC(=O)OC(C)(C)C)c(O)c1C(N)=O. The van der Waals surface area contributed by atoms with Crippen molar-refractivity contribution < 1.29 is 39.2 Å². The zero-order chi connectivity index (χ0) is 23.8. The molecule has 1 rings (SSSR count). The smallest absolute Gasteiger partial charge is 0.407 e. The molecular formula is C20H31N3O8. The highest BCUT2D eigenvalue weighted by Gasteiger charge is 2.22. The zero-order valence-electron chi connectivity index (χ0n) is 18.1. The van der Waals surface area contributed by atoms with E-state index >= 15 is 0 Å². The fourth-order valence-corrected chi connectivity index (χ4v) is 2.59. The van der Waals surface area contributed by atoms with E-state index in [0.717, 1.165) is 0 Å². The van der Waals surface area contributed by atoms with Crippen molar-refractivity contribution in [3.63, 3.8) is 0 Å². The number of alkyl carbamates (subject to hydrolysis) is 1. The van der Waals surface area contributed by atoms with Crippen LogP contribution in [0.4, 0.5) is 10.5 Å². The number of aliphatic hydroxyl groups excluding tert-OH is 2. The van der Waals surface area contributed by atoms with Gasteiger partial charge in [-0.05, 0) is 45.7 Å². The Morgan fingerprint density at radius 3 is 2.29 bits per heavy atom. The van der Waals surface area contributed by atoms with Crippen molar-refractivity contribution in [2.45, 2.75) is 57.8 Å². The van der Waals surface area contributed by atoms with Crippen LogP contribution in [-0.2, 0) is 9.53 Å². The topological polar surface area (TPSA) is 180 Å². The van der Waals surface area contributed by atoms with Crippen LogP contribution in [0.3, 0.4) is 0 Å². The number of benzene rings is 1. The number of carbonyl (C=O) groups is 3. The molecule has 0 aliphatic carbocycles. The predicted octanol–water partition coefficient (Wildman–Crippen LogP) is 0.855. The molecule has 0 spiro atoms. The number of hydrogen-bond acceptors (Lipinski definition) is 8. The Kier molecular flexibility index (Phi) is 9.53. The molecule has 174 valence electrons. The molecule has 0 saturated carbocycles. The van der Waals surface area contributed by atoms with E-state index in [1.807, 2.05) is 0 Å². The quantitative estimate of drug-likeness (QED) is 0.289. The second-order valence-corrected chi connectivity index (χ2v) is 7.84. The van der Waals surface area contributed by atoms with E-state index in [1.54, 1.807) is 20.8 Å². The monoisotopic (exact) mass is 441 g/mol. The second kappa shape index (κ2) is 11.4. The highest BCUT2D eigenvalue weighted by Crippen LogP contribution is 2.34. The molecular weight excluding hydrogens is 410 g/mol. The largest absolute Gasteiger partial charge is 0.505 e. The fourth-order valence-electron chi connectivity index (χ4n) is 2.59. The Morgan fingerprint density at radius 2 is 1.74 bits per heavy atom. The number of rotatable bonds is 10. The number of aromatic hydroxyl groups is 1. The third kappa shape index (κ3) is 8.69. The summed E-state index contributed by atoms with van der Waals surface area (Å²) in [6.45, 7) is 5.23. The lowest BCUT2D eigenvalue weighted by molar-refractivity contribution is -0.117. The van der Waals surface area contributed by atoms with Crippen molar-refractivity contribution in [1.82, 2.24) is 5.32 Å². The molecule has 11 nitrogen and oxygen atoms in total. The molecule has 0 aromatic heterocycles. The Bertz CT molecular complexity index is 791. The van der Waals surface area contributed by atoms with E-state index in [-0.39, 0.29) is 42.8 Å². The van der Waals surface area contributed by atoms with Gasteiger partial charge in [-0.15, -0.1) is 0 Å². The Morgan fingerprint density at radius 1 is 1.13 bits per heavy atom. The van der Waals surface area contributed by atoms with Gasteiger partial charge in [0.05, 0.1) is 25.0 Å².